The first-order chi connectivity index (χ1) is 7.08. The fourth-order valence-electron chi connectivity index (χ4n) is 1.65. The molecule has 0 atom stereocenters. The molecule has 0 aliphatic carbocycles. The van der Waals surface area contributed by atoms with E-state index in [0.717, 1.165) is 11.3 Å². The van der Waals surface area contributed by atoms with Gasteiger partial charge in [-0.15, -0.1) is 0 Å². The minimum absolute atomic E-state index is 0.211. The van der Waals surface area contributed by atoms with Gasteiger partial charge in [0.05, 0.1) is 0 Å². The van der Waals surface area contributed by atoms with Gasteiger partial charge < -0.3 is 10.2 Å². The zero-order valence-corrected chi connectivity index (χ0v) is 9.16. The number of hydrogen-bond acceptors (Lipinski definition) is 3. The molecule has 2 aromatic rings. The number of nitrogen functional groups attached to an aromatic ring is 1. The Balaban J connectivity index is 2.58. The van der Waals surface area contributed by atoms with Gasteiger partial charge in [-0.05, 0) is 43.5 Å². The largest absolute Gasteiger partial charge is 0.432 e. The number of benzene rings is 1. The molecule has 1 aromatic heterocycles. The zero-order valence-electron chi connectivity index (χ0n) is 9.16. The Hall–Kier alpha value is -1.77. The molecule has 0 spiro atoms. The summed E-state index contributed by atoms with van der Waals surface area (Å²) in [7, 11) is 0. The summed E-state index contributed by atoms with van der Waals surface area (Å²) in [6.45, 7) is 6.25. The summed E-state index contributed by atoms with van der Waals surface area (Å²) in [6.07, 6.45) is 1.59. The third kappa shape index (κ3) is 1.73. The monoisotopic (exact) mass is 202 g/mol. The SMILES string of the molecule is Cc1cc(C)c(-c2coc(N)n2)cc1C. The first kappa shape index (κ1) is 9.77. The second kappa shape index (κ2) is 3.42. The molecular formula is C12H14N2O. The highest BCUT2D eigenvalue weighted by Gasteiger charge is 2.08. The van der Waals surface area contributed by atoms with Crippen molar-refractivity contribution in [3.63, 3.8) is 0 Å². The molecule has 15 heavy (non-hydrogen) atoms. The van der Waals surface area contributed by atoms with Gasteiger partial charge in [0.25, 0.3) is 6.01 Å². The number of hydrogen-bond donors (Lipinski definition) is 1. The van der Waals surface area contributed by atoms with Gasteiger partial charge in [-0.1, -0.05) is 6.07 Å². The molecule has 0 saturated heterocycles. The van der Waals surface area contributed by atoms with E-state index in [1.54, 1.807) is 6.26 Å². The van der Waals surface area contributed by atoms with Crippen molar-refractivity contribution in [2.45, 2.75) is 20.8 Å². The molecule has 0 aliphatic heterocycles. The highest BCUT2D eigenvalue weighted by atomic mass is 16.4. The summed E-state index contributed by atoms with van der Waals surface area (Å²) >= 11 is 0. The Labute approximate surface area is 88.9 Å². The van der Waals surface area contributed by atoms with E-state index in [1.165, 1.54) is 16.7 Å². The van der Waals surface area contributed by atoms with Gasteiger partial charge in [0.2, 0.25) is 0 Å². The van der Waals surface area contributed by atoms with Crippen molar-refractivity contribution in [3.05, 3.63) is 35.1 Å². The van der Waals surface area contributed by atoms with E-state index in [-0.39, 0.29) is 6.01 Å². The highest BCUT2D eigenvalue weighted by Crippen LogP contribution is 2.26. The summed E-state index contributed by atoms with van der Waals surface area (Å²) < 4.78 is 5.01. The van der Waals surface area contributed by atoms with Crippen molar-refractivity contribution in [1.29, 1.82) is 0 Å². The van der Waals surface area contributed by atoms with Crippen LogP contribution in [-0.2, 0) is 0 Å². The van der Waals surface area contributed by atoms with Crippen molar-refractivity contribution in [2.24, 2.45) is 0 Å². The van der Waals surface area contributed by atoms with Crippen molar-refractivity contribution >= 4 is 6.01 Å². The number of aryl methyl sites for hydroxylation is 3. The lowest BCUT2D eigenvalue weighted by atomic mass is 9.99. The Morgan fingerprint density at radius 2 is 1.73 bits per heavy atom. The first-order valence-corrected chi connectivity index (χ1v) is 4.87. The molecule has 0 bridgehead atoms. The molecule has 0 aliphatic rings. The smallest absolute Gasteiger partial charge is 0.292 e. The van der Waals surface area contributed by atoms with Crippen molar-refractivity contribution in [3.8, 4) is 11.3 Å². The molecular weight excluding hydrogens is 188 g/mol. The lowest BCUT2D eigenvalue weighted by Crippen LogP contribution is -1.89. The van der Waals surface area contributed by atoms with Crippen molar-refractivity contribution in [2.75, 3.05) is 5.73 Å². The highest BCUT2D eigenvalue weighted by molar-refractivity contribution is 5.65. The summed E-state index contributed by atoms with van der Waals surface area (Å²) in [5, 5.41) is 0. The molecule has 0 unspecified atom stereocenters. The van der Waals surface area contributed by atoms with E-state index < -0.39 is 0 Å². The Bertz CT molecular complexity index is 500. The summed E-state index contributed by atoms with van der Waals surface area (Å²) in [5.74, 6) is 0. The topological polar surface area (TPSA) is 52.0 Å². The third-order valence-corrected chi connectivity index (χ3v) is 2.64. The summed E-state index contributed by atoms with van der Waals surface area (Å²) in [4.78, 5) is 4.12. The van der Waals surface area contributed by atoms with Crippen molar-refractivity contribution in [1.82, 2.24) is 4.98 Å². The van der Waals surface area contributed by atoms with E-state index in [1.807, 2.05) is 0 Å². The molecule has 3 nitrogen and oxygen atoms in total. The number of anilines is 1. The van der Waals surface area contributed by atoms with Crippen molar-refractivity contribution < 1.29 is 4.42 Å². The molecule has 2 rings (SSSR count). The van der Waals surface area contributed by atoms with Crippen LogP contribution in [0.25, 0.3) is 11.3 Å². The van der Waals surface area contributed by atoms with E-state index >= 15 is 0 Å². The van der Waals surface area contributed by atoms with Gasteiger partial charge in [-0.25, -0.2) is 0 Å². The lowest BCUT2D eigenvalue weighted by Gasteiger charge is -2.06. The average molecular weight is 202 g/mol. The molecule has 0 radical (unpaired) electrons. The van der Waals surface area contributed by atoms with E-state index in [0.29, 0.717) is 0 Å². The number of oxazole rings is 1. The predicted molar refractivity (Wildman–Crippen MR) is 60.6 cm³/mol. The van der Waals surface area contributed by atoms with Crippen LogP contribution in [0.5, 0.6) is 0 Å². The molecule has 1 heterocycles. The zero-order chi connectivity index (χ0) is 11.0. The molecule has 3 heteroatoms. The molecule has 0 amide bonds. The number of rotatable bonds is 1. The summed E-state index contributed by atoms with van der Waals surface area (Å²) in [5.41, 5.74) is 11.1. The fraction of sp³-hybridized carbons (Fsp3) is 0.250. The maximum absolute atomic E-state index is 5.46. The number of nitrogens with zero attached hydrogens (tertiary/aromatic N) is 1. The van der Waals surface area contributed by atoms with E-state index in [9.17, 15) is 0 Å². The normalized spacial score (nSPS) is 10.6. The van der Waals surface area contributed by atoms with Gasteiger partial charge >= 0.3 is 0 Å². The van der Waals surface area contributed by atoms with Crippen LogP contribution < -0.4 is 5.73 Å². The second-order valence-corrected chi connectivity index (χ2v) is 3.82. The van der Waals surface area contributed by atoms with Crippen LogP contribution in [0.15, 0.2) is 22.8 Å². The fourth-order valence-corrected chi connectivity index (χ4v) is 1.65. The second-order valence-electron chi connectivity index (χ2n) is 3.82. The van der Waals surface area contributed by atoms with Gasteiger partial charge in [0.15, 0.2) is 0 Å². The Morgan fingerprint density at radius 3 is 2.33 bits per heavy atom. The maximum atomic E-state index is 5.46. The third-order valence-electron chi connectivity index (χ3n) is 2.64. The van der Waals surface area contributed by atoms with Crippen LogP contribution in [0, 0.1) is 20.8 Å². The average Bonchev–Trinajstić information content (AvgIpc) is 2.58. The minimum Gasteiger partial charge on any atom is -0.432 e. The van der Waals surface area contributed by atoms with Crippen LogP contribution >= 0.6 is 0 Å². The van der Waals surface area contributed by atoms with Crippen LogP contribution in [0.3, 0.4) is 0 Å². The van der Waals surface area contributed by atoms with E-state index in [2.05, 4.69) is 37.9 Å². The Kier molecular flexibility index (Phi) is 2.23. The Morgan fingerprint density at radius 1 is 1.07 bits per heavy atom. The van der Waals surface area contributed by atoms with Gasteiger partial charge in [0.1, 0.15) is 12.0 Å². The lowest BCUT2D eigenvalue weighted by molar-refractivity contribution is 0.581. The van der Waals surface area contributed by atoms with Crippen LogP contribution in [0.2, 0.25) is 0 Å². The molecule has 2 N–H and O–H groups in total. The minimum atomic E-state index is 0.211. The summed E-state index contributed by atoms with van der Waals surface area (Å²) in [6, 6.07) is 4.47. The molecule has 78 valence electrons. The van der Waals surface area contributed by atoms with Crippen LogP contribution in [0.4, 0.5) is 6.01 Å². The molecule has 0 fully saturated rings. The van der Waals surface area contributed by atoms with Crippen LogP contribution in [-0.4, -0.2) is 4.98 Å². The first-order valence-electron chi connectivity index (χ1n) is 4.87. The van der Waals surface area contributed by atoms with E-state index in [4.69, 9.17) is 10.2 Å². The maximum Gasteiger partial charge on any atom is 0.292 e. The van der Waals surface area contributed by atoms with Gasteiger partial charge in [-0.2, -0.15) is 4.98 Å². The quantitative estimate of drug-likeness (QED) is 0.773. The van der Waals surface area contributed by atoms with Gasteiger partial charge in [-0.3, -0.25) is 0 Å². The predicted octanol–water partition coefficient (Wildman–Crippen LogP) is 2.85. The van der Waals surface area contributed by atoms with Crippen LogP contribution in [0.1, 0.15) is 16.7 Å². The van der Waals surface area contributed by atoms with Gasteiger partial charge in [0, 0.05) is 5.56 Å². The number of aromatic nitrogens is 1. The standard InChI is InChI=1S/C12H14N2O/c1-7-4-9(3)10(5-8(7)2)11-6-15-12(13)14-11/h4-6H,1-3H3,(H2,13,14). The number of nitrogens with two attached hydrogens (primary N) is 1. The molecule has 0 saturated carbocycles. The molecule has 1 aromatic carbocycles.